The van der Waals surface area contributed by atoms with Crippen LogP contribution in [0.1, 0.15) is 12.0 Å². The Morgan fingerprint density at radius 2 is 2.06 bits per heavy atom. The summed E-state index contributed by atoms with van der Waals surface area (Å²) in [5, 5.41) is 2.72. The van der Waals surface area contributed by atoms with E-state index in [2.05, 4.69) is 5.32 Å². The van der Waals surface area contributed by atoms with Crippen molar-refractivity contribution < 1.29 is 17.9 Å². The Bertz CT molecular complexity index is 366. The van der Waals surface area contributed by atoms with Crippen molar-refractivity contribution in [2.45, 2.75) is 12.6 Å². The van der Waals surface area contributed by atoms with Gasteiger partial charge in [-0.25, -0.2) is 0 Å². The number of anilines is 1. The molecular formula is C11H15F3N2O. The summed E-state index contributed by atoms with van der Waals surface area (Å²) < 4.78 is 43.0. The van der Waals surface area contributed by atoms with Gasteiger partial charge in [0, 0.05) is 12.2 Å². The van der Waals surface area contributed by atoms with Crippen molar-refractivity contribution in [3.8, 4) is 5.75 Å². The second kappa shape index (κ2) is 5.77. The summed E-state index contributed by atoms with van der Waals surface area (Å²) in [5.41, 5.74) is 4.60. The number of methoxy groups -OCH3 is 1. The zero-order valence-corrected chi connectivity index (χ0v) is 9.47. The molecule has 0 aliphatic heterocycles. The van der Waals surface area contributed by atoms with Gasteiger partial charge in [-0.15, -0.1) is 0 Å². The fraction of sp³-hybridized carbons (Fsp3) is 0.455. The minimum absolute atomic E-state index is 0.0479. The van der Waals surface area contributed by atoms with Crippen molar-refractivity contribution >= 4 is 5.69 Å². The van der Waals surface area contributed by atoms with Crippen LogP contribution in [-0.2, 0) is 6.18 Å². The maximum absolute atomic E-state index is 12.8. The minimum atomic E-state index is -4.40. The van der Waals surface area contributed by atoms with Gasteiger partial charge in [0.05, 0.1) is 12.7 Å². The van der Waals surface area contributed by atoms with Gasteiger partial charge in [0.25, 0.3) is 0 Å². The number of alkyl halides is 3. The first-order chi connectivity index (χ1) is 7.99. The molecule has 3 nitrogen and oxygen atoms in total. The molecule has 0 radical (unpaired) electrons. The summed E-state index contributed by atoms with van der Waals surface area (Å²) in [7, 11) is 1.33. The third-order valence-corrected chi connectivity index (χ3v) is 2.23. The minimum Gasteiger partial charge on any atom is -0.497 e. The van der Waals surface area contributed by atoms with Crippen molar-refractivity contribution in [1.29, 1.82) is 0 Å². The lowest BCUT2D eigenvalue weighted by Crippen LogP contribution is -2.13. The molecule has 0 bridgehead atoms. The molecule has 0 saturated carbocycles. The lowest BCUT2D eigenvalue weighted by Gasteiger charge is -2.15. The number of nitrogens with one attached hydrogen (secondary N) is 1. The van der Waals surface area contributed by atoms with Crippen molar-refractivity contribution in [3.63, 3.8) is 0 Å². The van der Waals surface area contributed by atoms with Gasteiger partial charge in [0.1, 0.15) is 5.75 Å². The smallest absolute Gasteiger partial charge is 0.418 e. The van der Waals surface area contributed by atoms with E-state index in [1.54, 1.807) is 0 Å². The first kappa shape index (κ1) is 13.6. The summed E-state index contributed by atoms with van der Waals surface area (Å²) in [6, 6.07) is 3.82. The second-order valence-electron chi connectivity index (χ2n) is 3.48. The maximum atomic E-state index is 12.8. The fourth-order valence-corrected chi connectivity index (χ4v) is 1.36. The van der Waals surface area contributed by atoms with E-state index in [1.165, 1.54) is 19.2 Å². The Hall–Kier alpha value is -1.43. The van der Waals surface area contributed by atoms with E-state index in [1.807, 2.05) is 0 Å². The molecule has 0 aromatic heterocycles. The molecule has 0 saturated heterocycles. The molecule has 0 spiro atoms. The Labute approximate surface area is 97.8 Å². The molecule has 0 aliphatic carbocycles. The first-order valence-corrected chi connectivity index (χ1v) is 5.18. The Balaban J connectivity index is 2.95. The second-order valence-corrected chi connectivity index (χ2v) is 3.48. The van der Waals surface area contributed by atoms with Crippen LogP contribution in [0, 0.1) is 0 Å². The van der Waals surface area contributed by atoms with Crippen LogP contribution in [0.15, 0.2) is 18.2 Å². The normalized spacial score (nSPS) is 11.4. The molecule has 0 heterocycles. The van der Waals surface area contributed by atoms with Crippen molar-refractivity contribution in [2.75, 3.05) is 25.5 Å². The summed E-state index contributed by atoms with van der Waals surface area (Å²) in [6.45, 7) is 0.844. The van der Waals surface area contributed by atoms with Crippen LogP contribution in [-0.4, -0.2) is 20.2 Å². The number of halogens is 3. The molecule has 96 valence electrons. The predicted octanol–water partition coefficient (Wildman–Crippen LogP) is 2.47. The molecule has 0 fully saturated rings. The Morgan fingerprint density at radius 3 is 2.59 bits per heavy atom. The van der Waals surface area contributed by atoms with Crippen molar-refractivity contribution in [3.05, 3.63) is 23.8 Å². The van der Waals surface area contributed by atoms with E-state index in [0.29, 0.717) is 19.5 Å². The standard InChI is InChI=1S/C11H15F3N2O/c1-17-8-3-4-10(16-6-2-5-15)9(7-8)11(12,13)14/h3-4,7,16H,2,5-6,15H2,1H3. The van der Waals surface area contributed by atoms with Gasteiger partial charge in [-0.3, -0.25) is 0 Å². The van der Waals surface area contributed by atoms with Gasteiger partial charge in [0.2, 0.25) is 0 Å². The highest BCUT2D eigenvalue weighted by Gasteiger charge is 2.33. The lowest BCUT2D eigenvalue weighted by atomic mass is 10.1. The quantitative estimate of drug-likeness (QED) is 0.787. The van der Waals surface area contributed by atoms with Gasteiger partial charge in [-0.1, -0.05) is 0 Å². The monoisotopic (exact) mass is 248 g/mol. The highest BCUT2D eigenvalue weighted by atomic mass is 19.4. The van der Waals surface area contributed by atoms with Gasteiger partial charge in [-0.05, 0) is 31.2 Å². The molecule has 1 aromatic rings. The molecule has 0 atom stereocenters. The number of hydrogen-bond acceptors (Lipinski definition) is 3. The highest BCUT2D eigenvalue weighted by Crippen LogP contribution is 2.37. The molecule has 3 N–H and O–H groups in total. The van der Waals surface area contributed by atoms with E-state index in [9.17, 15) is 13.2 Å². The molecule has 1 aromatic carbocycles. The van der Waals surface area contributed by atoms with Gasteiger partial charge in [0.15, 0.2) is 0 Å². The average Bonchev–Trinajstić information content (AvgIpc) is 2.28. The largest absolute Gasteiger partial charge is 0.497 e. The van der Waals surface area contributed by atoms with Crippen LogP contribution in [0.2, 0.25) is 0 Å². The molecule has 0 aliphatic rings. The number of ether oxygens (including phenoxy) is 1. The van der Waals surface area contributed by atoms with Gasteiger partial charge < -0.3 is 15.8 Å². The van der Waals surface area contributed by atoms with E-state index < -0.39 is 11.7 Å². The summed E-state index contributed by atoms with van der Waals surface area (Å²) in [5.74, 6) is 0.182. The summed E-state index contributed by atoms with van der Waals surface area (Å²) in [6.07, 6.45) is -3.79. The van der Waals surface area contributed by atoms with E-state index >= 15 is 0 Å². The molecule has 6 heteroatoms. The summed E-state index contributed by atoms with van der Waals surface area (Å²) in [4.78, 5) is 0. The van der Waals surface area contributed by atoms with Crippen LogP contribution >= 0.6 is 0 Å². The van der Waals surface area contributed by atoms with E-state index in [-0.39, 0.29) is 11.4 Å². The molecule has 0 amide bonds. The zero-order valence-electron chi connectivity index (χ0n) is 9.47. The molecular weight excluding hydrogens is 233 g/mol. The highest BCUT2D eigenvalue weighted by molar-refractivity contribution is 5.55. The van der Waals surface area contributed by atoms with E-state index in [0.717, 1.165) is 6.07 Å². The fourth-order valence-electron chi connectivity index (χ4n) is 1.36. The SMILES string of the molecule is COc1ccc(NCCCN)c(C(F)(F)F)c1. The van der Waals surface area contributed by atoms with Crippen LogP contribution in [0.5, 0.6) is 5.75 Å². The van der Waals surface area contributed by atoms with Crippen LogP contribution in [0.3, 0.4) is 0 Å². The predicted molar refractivity (Wildman–Crippen MR) is 60.2 cm³/mol. The average molecular weight is 248 g/mol. The summed E-state index contributed by atoms with van der Waals surface area (Å²) >= 11 is 0. The van der Waals surface area contributed by atoms with E-state index in [4.69, 9.17) is 10.5 Å². The maximum Gasteiger partial charge on any atom is 0.418 e. The number of benzene rings is 1. The molecule has 0 unspecified atom stereocenters. The van der Waals surface area contributed by atoms with Crippen LogP contribution in [0.4, 0.5) is 18.9 Å². The Kier molecular flexibility index (Phi) is 4.62. The van der Waals surface area contributed by atoms with Crippen molar-refractivity contribution in [1.82, 2.24) is 0 Å². The Morgan fingerprint density at radius 1 is 1.35 bits per heavy atom. The number of hydrogen-bond donors (Lipinski definition) is 2. The van der Waals surface area contributed by atoms with Crippen LogP contribution in [0.25, 0.3) is 0 Å². The molecule has 17 heavy (non-hydrogen) atoms. The number of rotatable bonds is 5. The number of nitrogens with two attached hydrogens (primary N) is 1. The zero-order chi connectivity index (χ0) is 12.9. The molecule has 1 rings (SSSR count). The van der Waals surface area contributed by atoms with Gasteiger partial charge >= 0.3 is 6.18 Å². The topological polar surface area (TPSA) is 47.3 Å². The van der Waals surface area contributed by atoms with Crippen LogP contribution < -0.4 is 15.8 Å². The van der Waals surface area contributed by atoms with Gasteiger partial charge in [-0.2, -0.15) is 13.2 Å². The first-order valence-electron chi connectivity index (χ1n) is 5.18. The third-order valence-electron chi connectivity index (χ3n) is 2.23. The lowest BCUT2D eigenvalue weighted by molar-refractivity contribution is -0.137. The third kappa shape index (κ3) is 3.81. The van der Waals surface area contributed by atoms with Crippen molar-refractivity contribution in [2.24, 2.45) is 5.73 Å².